The lowest BCUT2D eigenvalue weighted by molar-refractivity contribution is 0.239. The fraction of sp³-hybridized carbons (Fsp3) is 0.421. The van der Waals surface area contributed by atoms with Gasteiger partial charge in [0, 0.05) is 18.7 Å². The maximum Gasteiger partial charge on any atom is 0.315 e. The number of aromatic nitrogens is 2. The highest BCUT2D eigenvalue weighted by Crippen LogP contribution is 2.33. The number of nitrogens with zero attached hydrogens (tertiary/aromatic N) is 2. The van der Waals surface area contributed by atoms with E-state index in [9.17, 15) is 4.79 Å². The Kier molecular flexibility index (Phi) is 5.48. The van der Waals surface area contributed by atoms with Gasteiger partial charge in [-0.3, -0.25) is 0 Å². The number of aryl methyl sites for hydroxylation is 2. The van der Waals surface area contributed by atoms with Crippen molar-refractivity contribution in [2.45, 2.75) is 38.6 Å². The van der Waals surface area contributed by atoms with E-state index in [0.717, 1.165) is 30.7 Å². The lowest BCUT2D eigenvalue weighted by Gasteiger charge is -2.26. The summed E-state index contributed by atoms with van der Waals surface area (Å²) in [4.78, 5) is 20.4. The number of nitrogens with one attached hydrogen (secondary N) is 2. The molecule has 3 rings (SSSR count). The molecule has 0 saturated carbocycles. The number of amides is 2. The molecule has 6 nitrogen and oxygen atoms in total. The molecule has 0 spiro atoms. The number of carbonyl (C=O) groups is 1. The minimum absolute atomic E-state index is 0.170. The van der Waals surface area contributed by atoms with Gasteiger partial charge in [-0.15, -0.1) is 0 Å². The molecular weight excluding hydrogens is 316 g/mol. The first-order valence-electron chi connectivity index (χ1n) is 8.62. The Balaban J connectivity index is 1.53. The van der Waals surface area contributed by atoms with Crippen molar-refractivity contribution in [2.75, 3.05) is 13.7 Å². The van der Waals surface area contributed by atoms with Gasteiger partial charge in [0.05, 0.1) is 19.3 Å². The van der Waals surface area contributed by atoms with E-state index in [1.54, 1.807) is 19.4 Å². The monoisotopic (exact) mass is 340 g/mol. The van der Waals surface area contributed by atoms with Gasteiger partial charge in [0.2, 0.25) is 0 Å². The highest BCUT2D eigenvalue weighted by molar-refractivity contribution is 5.73. The molecule has 0 bridgehead atoms. The van der Waals surface area contributed by atoms with E-state index >= 15 is 0 Å². The molecular formula is C19H24N4O2. The number of carbonyl (C=O) groups excluding carboxylic acids is 1. The first-order valence-corrected chi connectivity index (χ1v) is 8.62. The summed E-state index contributed by atoms with van der Waals surface area (Å²) in [5, 5.41) is 5.83. The number of methoxy groups -OCH3 is 1. The number of ether oxygens (including phenoxy) is 1. The molecule has 25 heavy (non-hydrogen) atoms. The maximum atomic E-state index is 12.1. The molecule has 1 aliphatic carbocycles. The van der Waals surface area contributed by atoms with Crippen LogP contribution in [-0.2, 0) is 13.0 Å². The summed E-state index contributed by atoms with van der Waals surface area (Å²) in [5.74, 6) is 1.95. The van der Waals surface area contributed by atoms with Crippen LogP contribution >= 0.6 is 0 Å². The maximum absolute atomic E-state index is 12.1. The SMILES string of the molecule is COc1ccc2c(c1)CCC[C@@H]2CNC(=O)NCc1ccnc(C)n1. The highest BCUT2D eigenvalue weighted by atomic mass is 16.5. The van der Waals surface area contributed by atoms with Gasteiger partial charge in [-0.05, 0) is 55.5 Å². The van der Waals surface area contributed by atoms with Gasteiger partial charge in [-0.25, -0.2) is 14.8 Å². The quantitative estimate of drug-likeness (QED) is 0.877. The highest BCUT2D eigenvalue weighted by Gasteiger charge is 2.21. The molecule has 0 unspecified atom stereocenters. The van der Waals surface area contributed by atoms with Gasteiger partial charge in [0.25, 0.3) is 0 Å². The Morgan fingerprint density at radius 2 is 2.20 bits per heavy atom. The van der Waals surface area contributed by atoms with E-state index in [1.807, 2.05) is 13.0 Å². The van der Waals surface area contributed by atoms with E-state index in [-0.39, 0.29) is 6.03 Å². The van der Waals surface area contributed by atoms with Gasteiger partial charge in [-0.1, -0.05) is 6.07 Å². The Morgan fingerprint density at radius 1 is 1.32 bits per heavy atom. The summed E-state index contributed by atoms with van der Waals surface area (Å²) in [6, 6.07) is 7.87. The molecule has 6 heteroatoms. The van der Waals surface area contributed by atoms with Crippen molar-refractivity contribution in [1.82, 2.24) is 20.6 Å². The normalized spacial score (nSPS) is 16.0. The van der Waals surface area contributed by atoms with Crippen molar-refractivity contribution >= 4 is 6.03 Å². The Bertz CT molecular complexity index is 748. The molecule has 1 aromatic carbocycles. The van der Waals surface area contributed by atoms with Crippen LogP contribution in [0.3, 0.4) is 0 Å². The third kappa shape index (κ3) is 4.47. The van der Waals surface area contributed by atoms with Crippen LogP contribution < -0.4 is 15.4 Å². The van der Waals surface area contributed by atoms with Crippen LogP contribution in [0.25, 0.3) is 0 Å². The number of urea groups is 1. The van der Waals surface area contributed by atoms with Crippen LogP contribution in [0.5, 0.6) is 5.75 Å². The molecule has 0 saturated heterocycles. The molecule has 2 aromatic rings. The van der Waals surface area contributed by atoms with Crippen molar-refractivity contribution in [3.63, 3.8) is 0 Å². The van der Waals surface area contributed by atoms with Crippen LogP contribution in [-0.4, -0.2) is 29.7 Å². The lowest BCUT2D eigenvalue weighted by Crippen LogP contribution is -2.38. The molecule has 0 radical (unpaired) electrons. The molecule has 1 aliphatic rings. The van der Waals surface area contributed by atoms with Gasteiger partial charge < -0.3 is 15.4 Å². The van der Waals surface area contributed by atoms with Crippen LogP contribution in [0.15, 0.2) is 30.5 Å². The van der Waals surface area contributed by atoms with E-state index in [2.05, 4.69) is 32.7 Å². The van der Waals surface area contributed by atoms with Gasteiger partial charge in [0.15, 0.2) is 0 Å². The molecule has 0 fully saturated rings. The molecule has 1 aromatic heterocycles. The second kappa shape index (κ2) is 7.96. The summed E-state index contributed by atoms with van der Waals surface area (Å²) in [7, 11) is 1.69. The van der Waals surface area contributed by atoms with Gasteiger partial charge >= 0.3 is 6.03 Å². The summed E-state index contributed by atoms with van der Waals surface area (Å²) >= 11 is 0. The number of benzene rings is 1. The van der Waals surface area contributed by atoms with E-state index in [0.29, 0.717) is 24.8 Å². The molecule has 0 aliphatic heterocycles. The molecule has 2 N–H and O–H groups in total. The topological polar surface area (TPSA) is 76.1 Å². The average Bonchev–Trinajstić information content (AvgIpc) is 2.64. The minimum Gasteiger partial charge on any atom is -0.497 e. The fourth-order valence-electron chi connectivity index (χ4n) is 3.28. The summed E-state index contributed by atoms with van der Waals surface area (Å²) in [5.41, 5.74) is 3.45. The zero-order valence-corrected chi connectivity index (χ0v) is 14.7. The average molecular weight is 340 g/mol. The van der Waals surface area contributed by atoms with Gasteiger partial charge in [-0.2, -0.15) is 0 Å². The largest absolute Gasteiger partial charge is 0.497 e. The minimum atomic E-state index is -0.170. The summed E-state index contributed by atoms with van der Waals surface area (Å²) in [6.45, 7) is 2.86. The van der Waals surface area contributed by atoms with Gasteiger partial charge in [0.1, 0.15) is 11.6 Å². The van der Waals surface area contributed by atoms with Crippen LogP contribution in [0.2, 0.25) is 0 Å². The van der Waals surface area contributed by atoms with Crippen molar-refractivity contribution in [3.05, 3.63) is 53.1 Å². The first kappa shape index (κ1) is 17.2. The first-order chi connectivity index (χ1) is 12.2. The lowest BCUT2D eigenvalue weighted by atomic mass is 9.82. The second-order valence-corrected chi connectivity index (χ2v) is 6.31. The van der Waals surface area contributed by atoms with Crippen molar-refractivity contribution in [3.8, 4) is 5.75 Å². The van der Waals surface area contributed by atoms with E-state index in [1.165, 1.54) is 11.1 Å². The number of rotatable bonds is 5. The molecule has 1 atom stereocenters. The predicted octanol–water partition coefficient (Wildman–Crippen LogP) is 2.71. The third-order valence-electron chi connectivity index (χ3n) is 4.56. The van der Waals surface area contributed by atoms with Crippen LogP contribution in [0.4, 0.5) is 4.79 Å². The van der Waals surface area contributed by atoms with Crippen LogP contribution in [0.1, 0.15) is 41.4 Å². The Labute approximate surface area is 148 Å². The van der Waals surface area contributed by atoms with E-state index in [4.69, 9.17) is 4.74 Å². The molecule has 2 amide bonds. The Morgan fingerprint density at radius 3 is 3.00 bits per heavy atom. The standard InChI is InChI=1S/C19H24N4O2/c1-13-20-9-8-16(23-13)12-22-19(24)21-11-15-5-3-4-14-10-17(25-2)6-7-18(14)15/h6-10,15H,3-5,11-12H2,1-2H3,(H2,21,22,24)/t15-/m1/s1. The number of hydrogen-bond donors (Lipinski definition) is 2. The molecule has 132 valence electrons. The summed E-state index contributed by atoms with van der Waals surface area (Å²) < 4.78 is 5.31. The zero-order chi connectivity index (χ0) is 17.6. The Hall–Kier alpha value is -2.63. The predicted molar refractivity (Wildman–Crippen MR) is 95.7 cm³/mol. The van der Waals surface area contributed by atoms with Crippen molar-refractivity contribution in [1.29, 1.82) is 0 Å². The number of fused-ring (bicyclic) bond motifs is 1. The third-order valence-corrected chi connectivity index (χ3v) is 4.56. The zero-order valence-electron chi connectivity index (χ0n) is 14.7. The van der Waals surface area contributed by atoms with Crippen molar-refractivity contribution < 1.29 is 9.53 Å². The summed E-state index contributed by atoms with van der Waals surface area (Å²) in [6.07, 6.45) is 4.99. The molecule has 1 heterocycles. The number of hydrogen-bond acceptors (Lipinski definition) is 4. The fourth-order valence-corrected chi connectivity index (χ4v) is 3.28. The second-order valence-electron chi connectivity index (χ2n) is 6.31. The smallest absolute Gasteiger partial charge is 0.315 e. The van der Waals surface area contributed by atoms with Crippen molar-refractivity contribution in [2.24, 2.45) is 0 Å². The van der Waals surface area contributed by atoms with Crippen LogP contribution in [0, 0.1) is 6.92 Å². The van der Waals surface area contributed by atoms with E-state index < -0.39 is 0 Å².